The molecule has 1 heterocycles. The van der Waals surface area contributed by atoms with Crippen molar-refractivity contribution in [3.8, 4) is 0 Å². The fourth-order valence-corrected chi connectivity index (χ4v) is 2.28. The molecule has 0 aliphatic rings. The Balaban J connectivity index is 2.36. The number of nitrogen functional groups attached to an aromatic ring is 1. The van der Waals surface area contributed by atoms with E-state index < -0.39 is 0 Å². The molecule has 1 aromatic carbocycles. The number of hydrogen-bond acceptors (Lipinski definition) is 4. The smallest absolute Gasteiger partial charge is 0.138 e. The maximum Gasteiger partial charge on any atom is 0.138 e. The first-order valence-corrected chi connectivity index (χ1v) is 7.70. The summed E-state index contributed by atoms with van der Waals surface area (Å²) in [5, 5.41) is 0. The maximum absolute atomic E-state index is 5.96. The Morgan fingerprint density at radius 3 is 2.48 bits per heavy atom. The standard InChI is InChI=1S/C17H24N4/c1-3-5-12-21(14-10-7-6-8-11-14)17-13-15(18)19-16(20-17)9-4-2/h6-8,10-11,13H,3-5,9,12H2,1-2H3,(H2,18,19,20). The molecule has 112 valence electrons. The lowest BCUT2D eigenvalue weighted by Crippen LogP contribution is -2.20. The van der Waals surface area contributed by atoms with Gasteiger partial charge in [-0.25, -0.2) is 9.97 Å². The summed E-state index contributed by atoms with van der Waals surface area (Å²) in [5.41, 5.74) is 7.10. The summed E-state index contributed by atoms with van der Waals surface area (Å²) in [5.74, 6) is 2.26. The van der Waals surface area contributed by atoms with Crippen molar-refractivity contribution in [2.75, 3.05) is 17.2 Å². The number of benzene rings is 1. The van der Waals surface area contributed by atoms with Crippen molar-refractivity contribution < 1.29 is 0 Å². The molecule has 0 unspecified atom stereocenters. The number of aromatic nitrogens is 2. The van der Waals surface area contributed by atoms with E-state index in [4.69, 9.17) is 5.73 Å². The van der Waals surface area contributed by atoms with Crippen molar-refractivity contribution >= 4 is 17.3 Å². The lowest BCUT2D eigenvalue weighted by atomic mass is 10.2. The van der Waals surface area contributed by atoms with Gasteiger partial charge in [0.2, 0.25) is 0 Å². The van der Waals surface area contributed by atoms with Gasteiger partial charge in [0.15, 0.2) is 0 Å². The Morgan fingerprint density at radius 2 is 1.81 bits per heavy atom. The molecule has 4 heteroatoms. The normalized spacial score (nSPS) is 10.6. The van der Waals surface area contributed by atoms with E-state index in [1.165, 1.54) is 0 Å². The lowest BCUT2D eigenvalue weighted by molar-refractivity contribution is 0.769. The minimum atomic E-state index is 0.542. The molecule has 0 aliphatic carbocycles. The van der Waals surface area contributed by atoms with Gasteiger partial charge >= 0.3 is 0 Å². The molecule has 2 rings (SSSR count). The lowest BCUT2D eigenvalue weighted by Gasteiger charge is -2.24. The molecular formula is C17H24N4. The Hall–Kier alpha value is -2.10. The van der Waals surface area contributed by atoms with Crippen LogP contribution in [0, 0.1) is 0 Å². The van der Waals surface area contributed by atoms with Crippen molar-refractivity contribution in [1.29, 1.82) is 0 Å². The van der Waals surface area contributed by atoms with Gasteiger partial charge in [0.1, 0.15) is 17.5 Å². The topological polar surface area (TPSA) is 55.0 Å². The van der Waals surface area contributed by atoms with Crippen molar-refractivity contribution in [2.45, 2.75) is 39.5 Å². The van der Waals surface area contributed by atoms with Crippen LogP contribution < -0.4 is 10.6 Å². The molecule has 0 amide bonds. The van der Waals surface area contributed by atoms with E-state index in [-0.39, 0.29) is 0 Å². The van der Waals surface area contributed by atoms with Gasteiger partial charge in [-0.2, -0.15) is 0 Å². The summed E-state index contributed by atoms with van der Waals surface area (Å²) < 4.78 is 0. The minimum absolute atomic E-state index is 0.542. The molecular weight excluding hydrogens is 260 g/mol. The zero-order chi connectivity index (χ0) is 15.1. The highest BCUT2D eigenvalue weighted by Gasteiger charge is 2.12. The number of nitrogens with zero attached hydrogens (tertiary/aromatic N) is 3. The van der Waals surface area contributed by atoms with E-state index >= 15 is 0 Å². The number of aryl methyl sites for hydroxylation is 1. The Kier molecular flexibility index (Phi) is 5.55. The predicted octanol–water partition coefficient (Wildman–Crippen LogP) is 3.95. The molecule has 0 saturated carbocycles. The van der Waals surface area contributed by atoms with E-state index in [0.29, 0.717) is 5.82 Å². The Labute approximate surface area is 127 Å². The zero-order valence-electron chi connectivity index (χ0n) is 12.9. The Bertz CT molecular complexity index is 554. The van der Waals surface area contributed by atoms with Crippen LogP contribution in [0.1, 0.15) is 38.9 Å². The minimum Gasteiger partial charge on any atom is -0.384 e. The third kappa shape index (κ3) is 4.18. The first-order chi connectivity index (χ1) is 10.2. The molecule has 1 aromatic heterocycles. The second-order valence-corrected chi connectivity index (χ2v) is 5.16. The van der Waals surface area contributed by atoms with Crippen LogP contribution >= 0.6 is 0 Å². The van der Waals surface area contributed by atoms with Gasteiger partial charge in [0.05, 0.1) is 0 Å². The summed E-state index contributed by atoms with van der Waals surface area (Å²) >= 11 is 0. The van der Waals surface area contributed by atoms with Crippen molar-refractivity contribution in [3.63, 3.8) is 0 Å². The molecule has 0 atom stereocenters. The molecule has 0 radical (unpaired) electrons. The average Bonchev–Trinajstić information content (AvgIpc) is 2.48. The van der Waals surface area contributed by atoms with E-state index in [1.807, 2.05) is 24.3 Å². The molecule has 2 aromatic rings. The van der Waals surface area contributed by atoms with Gasteiger partial charge in [-0.15, -0.1) is 0 Å². The van der Waals surface area contributed by atoms with E-state index in [1.54, 1.807) is 0 Å². The van der Waals surface area contributed by atoms with Gasteiger partial charge in [-0.1, -0.05) is 38.5 Å². The number of para-hydroxylation sites is 1. The van der Waals surface area contributed by atoms with Crippen LogP contribution in [0.15, 0.2) is 36.4 Å². The van der Waals surface area contributed by atoms with Crippen LogP contribution in [0.25, 0.3) is 0 Å². The molecule has 0 bridgehead atoms. The molecule has 2 N–H and O–H groups in total. The first-order valence-electron chi connectivity index (χ1n) is 7.70. The molecule has 0 spiro atoms. The van der Waals surface area contributed by atoms with Gasteiger partial charge in [0, 0.05) is 24.7 Å². The highest BCUT2D eigenvalue weighted by molar-refractivity contribution is 5.61. The van der Waals surface area contributed by atoms with E-state index in [9.17, 15) is 0 Å². The molecule has 4 nitrogen and oxygen atoms in total. The molecule has 0 saturated heterocycles. The number of unbranched alkanes of at least 4 members (excludes halogenated alkanes) is 1. The third-order valence-electron chi connectivity index (χ3n) is 3.33. The van der Waals surface area contributed by atoms with Crippen molar-refractivity contribution in [2.24, 2.45) is 0 Å². The molecule has 0 aliphatic heterocycles. The summed E-state index contributed by atoms with van der Waals surface area (Å²) in [6, 6.07) is 12.2. The highest BCUT2D eigenvalue weighted by Crippen LogP contribution is 2.25. The number of anilines is 3. The fraction of sp³-hybridized carbons (Fsp3) is 0.412. The van der Waals surface area contributed by atoms with Crippen LogP contribution in [0.3, 0.4) is 0 Å². The van der Waals surface area contributed by atoms with Gasteiger partial charge in [0.25, 0.3) is 0 Å². The van der Waals surface area contributed by atoms with Crippen molar-refractivity contribution in [1.82, 2.24) is 9.97 Å². The van der Waals surface area contributed by atoms with Crippen LogP contribution in [-0.4, -0.2) is 16.5 Å². The van der Waals surface area contributed by atoms with Gasteiger partial charge in [-0.05, 0) is 25.0 Å². The average molecular weight is 284 g/mol. The summed E-state index contributed by atoms with van der Waals surface area (Å²) in [4.78, 5) is 11.2. The van der Waals surface area contributed by atoms with Crippen LogP contribution in [0.5, 0.6) is 0 Å². The number of rotatable bonds is 7. The SMILES string of the molecule is CCCCN(c1ccccc1)c1cc(N)nc(CCC)n1. The highest BCUT2D eigenvalue weighted by atomic mass is 15.2. The quantitative estimate of drug-likeness (QED) is 0.836. The van der Waals surface area contributed by atoms with Gasteiger partial charge < -0.3 is 10.6 Å². The fourth-order valence-electron chi connectivity index (χ4n) is 2.28. The van der Waals surface area contributed by atoms with Crippen LogP contribution in [-0.2, 0) is 6.42 Å². The largest absolute Gasteiger partial charge is 0.384 e. The van der Waals surface area contributed by atoms with E-state index in [2.05, 4.69) is 40.8 Å². The van der Waals surface area contributed by atoms with E-state index in [0.717, 1.165) is 49.6 Å². The number of hydrogen-bond donors (Lipinski definition) is 1. The third-order valence-corrected chi connectivity index (χ3v) is 3.33. The Morgan fingerprint density at radius 1 is 1.05 bits per heavy atom. The second-order valence-electron chi connectivity index (χ2n) is 5.16. The van der Waals surface area contributed by atoms with Gasteiger partial charge in [-0.3, -0.25) is 0 Å². The predicted molar refractivity (Wildman–Crippen MR) is 88.8 cm³/mol. The number of nitrogens with two attached hydrogens (primary N) is 1. The molecule has 0 fully saturated rings. The summed E-state index contributed by atoms with van der Waals surface area (Å²) in [6.45, 7) is 5.25. The van der Waals surface area contributed by atoms with Crippen LogP contribution in [0.4, 0.5) is 17.3 Å². The monoisotopic (exact) mass is 284 g/mol. The zero-order valence-corrected chi connectivity index (χ0v) is 12.9. The first kappa shape index (κ1) is 15.3. The second kappa shape index (κ2) is 7.62. The van der Waals surface area contributed by atoms with Crippen molar-refractivity contribution in [3.05, 3.63) is 42.2 Å². The molecule has 21 heavy (non-hydrogen) atoms. The summed E-state index contributed by atoms with van der Waals surface area (Å²) in [6.07, 6.45) is 4.13. The summed E-state index contributed by atoms with van der Waals surface area (Å²) in [7, 11) is 0. The van der Waals surface area contributed by atoms with Crippen LogP contribution in [0.2, 0.25) is 0 Å². The maximum atomic E-state index is 5.96.